The second kappa shape index (κ2) is 7.08. The highest BCUT2D eigenvalue weighted by Crippen LogP contribution is 2.07. The first-order valence-corrected chi connectivity index (χ1v) is 5.41. The molecule has 0 radical (unpaired) electrons. The smallest absolute Gasteiger partial charge is 0.220 e. The van der Waals surface area contributed by atoms with Gasteiger partial charge in [-0.1, -0.05) is 11.6 Å². The van der Waals surface area contributed by atoms with Gasteiger partial charge in [0.25, 0.3) is 0 Å². The van der Waals surface area contributed by atoms with E-state index in [4.69, 9.17) is 6.42 Å². The quantitative estimate of drug-likeness (QED) is 0.516. The van der Waals surface area contributed by atoms with Crippen molar-refractivity contribution in [2.45, 2.75) is 25.7 Å². The Hall–Kier alpha value is -1.27. The number of hydrogen-bond acceptors (Lipinski definition) is 2. The topological polar surface area (TPSA) is 41.1 Å². The molecule has 0 aromatic heterocycles. The van der Waals surface area contributed by atoms with Crippen LogP contribution in [0.15, 0.2) is 11.6 Å². The zero-order valence-electron chi connectivity index (χ0n) is 9.01. The number of carbonyl (C=O) groups excluding carboxylic acids is 1. The van der Waals surface area contributed by atoms with Crippen LogP contribution in [0.5, 0.6) is 0 Å². The predicted octanol–water partition coefficient (Wildman–Crippen LogP) is 0.826. The van der Waals surface area contributed by atoms with E-state index in [0.717, 1.165) is 32.5 Å². The lowest BCUT2D eigenvalue weighted by molar-refractivity contribution is -0.120. The molecular weight excluding hydrogens is 188 g/mol. The van der Waals surface area contributed by atoms with Gasteiger partial charge in [0, 0.05) is 25.9 Å². The minimum absolute atomic E-state index is 0.0579. The molecule has 0 unspecified atom stereocenters. The van der Waals surface area contributed by atoms with Gasteiger partial charge in [-0.15, -0.1) is 12.3 Å². The van der Waals surface area contributed by atoms with Gasteiger partial charge in [0.15, 0.2) is 0 Å². The number of carbonyl (C=O) groups is 1. The molecule has 0 aromatic carbocycles. The minimum atomic E-state index is 0.0579. The van der Waals surface area contributed by atoms with E-state index in [1.54, 1.807) is 0 Å². The van der Waals surface area contributed by atoms with Gasteiger partial charge in [0.2, 0.25) is 5.91 Å². The van der Waals surface area contributed by atoms with E-state index in [1.165, 1.54) is 5.57 Å². The molecule has 1 aliphatic heterocycles. The van der Waals surface area contributed by atoms with Crippen molar-refractivity contribution in [1.29, 1.82) is 0 Å². The highest BCUT2D eigenvalue weighted by Gasteiger charge is 2.03. The van der Waals surface area contributed by atoms with Crippen LogP contribution in [0.4, 0.5) is 0 Å². The Morgan fingerprint density at radius 2 is 2.53 bits per heavy atom. The molecule has 3 nitrogen and oxygen atoms in total. The summed E-state index contributed by atoms with van der Waals surface area (Å²) < 4.78 is 0. The highest BCUT2D eigenvalue weighted by molar-refractivity contribution is 5.76. The lowest BCUT2D eigenvalue weighted by Crippen LogP contribution is -2.26. The van der Waals surface area contributed by atoms with E-state index in [2.05, 4.69) is 22.6 Å². The van der Waals surface area contributed by atoms with Crippen LogP contribution in [0.2, 0.25) is 0 Å². The maximum atomic E-state index is 11.2. The molecule has 0 aliphatic carbocycles. The van der Waals surface area contributed by atoms with Crippen LogP contribution < -0.4 is 10.6 Å². The van der Waals surface area contributed by atoms with Crippen LogP contribution in [0, 0.1) is 12.3 Å². The number of hydrogen-bond donors (Lipinski definition) is 2. The Labute approximate surface area is 91.3 Å². The van der Waals surface area contributed by atoms with E-state index < -0.39 is 0 Å². The van der Waals surface area contributed by atoms with E-state index in [-0.39, 0.29) is 5.91 Å². The lowest BCUT2D eigenvalue weighted by Gasteiger charge is -2.13. The van der Waals surface area contributed by atoms with Crippen molar-refractivity contribution in [3.63, 3.8) is 0 Å². The number of rotatable bonds is 5. The Morgan fingerprint density at radius 1 is 1.67 bits per heavy atom. The van der Waals surface area contributed by atoms with Gasteiger partial charge in [-0.2, -0.15) is 0 Å². The average molecular weight is 206 g/mol. The van der Waals surface area contributed by atoms with Crippen molar-refractivity contribution < 1.29 is 4.79 Å². The maximum Gasteiger partial charge on any atom is 0.220 e. The number of terminal acetylenes is 1. The van der Waals surface area contributed by atoms with Gasteiger partial charge in [-0.05, 0) is 19.4 Å². The van der Waals surface area contributed by atoms with Crippen LogP contribution in [0.1, 0.15) is 25.7 Å². The van der Waals surface area contributed by atoms with Crippen molar-refractivity contribution in [2.24, 2.45) is 0 Å². The molecule has 0 atom stereocenters. The summed E-state index contributed by atoms with van der Waals surface area (Å²) in [6.07, 6.45) is 10.3. The van der Waals surface area contributed by atoms with E-state index >= 15 is 0 Å². The van der Waals surface area contributed by atoms with Crippen LogP contribution in [0.3, 0.4) is 0 Å². The molecule has 1 rings (SSSR count). The molecule has 2 N–H and O–H groups in total. The largest absolute Gasteiger partial charge is 0.356 e. The molecular formula is C12H18N2O. The van der Waals surface area contributed by atoms with Crippen LogP contribution in [-0.4, -0.2) is 25.5 Å². The molecule has 1 aliphatic rings. The van der Waals surface area contributed by atoms with Crippen molar-refractivity contribution in [2.75, 3.05) is 19.6 Å². The summed E-state index contributed by atoms with van der Waals surface area (Å²) in [4.78, 5) is 11.2. The summed E-state index contributed by atoms with van der Waals surface area (Å²) in [7, 11) is 0. The fourth-order valence-electron chi connectivity index (χ4n) is 1.53. The molecule has 0 saturated carbocycles. The van der Waals surface area contributed by atoms with E-state index in [9.17, 15) is 4.79 Å². The molecule has 3 heteroatoms. The molecule has 0 spiro atoms. The van der Waals surface area contributed by atoms with Gasteiger partial charge in [0.05, 0.1) is 0 Å². The zero-order chi connectivity index (χ0) is 10.9. The van der Waals surface area contributed by atoms with Gasteiger partial charge in [0.1, 0.15) is 0 Å². The maximum absolute atomic E-state index is 11.2. The second-order valence-electron chi connectivity index (χ2n) is 3.62. The second-order valence-corrected chi connectivity index (χ2v) is 3.62. The van der Waals surface area contributed by atoms with E-state index in [0.29, 0.717) is 12.8 Å². The molecule has 0 saturated heterocycles. The Kier molecular flexibility index (Phi) is 5.57. The molecule has 0 bridgehead atoms. The van der Waals surface area contributed by atoms with Crippen molar-refractivity contribution in [3.8, 4) is 12.3 Å². The van der Waals surface area contributed by atoms with Gasteiger partial charge in [-0.25, -0.2) is 0 Å². The third-order valence-corrected chi connectivity index (χ3v) is 2.42. The first-order chi connectivity index (χ1) is 7.33. The van der Waals surface area contributed by atoms with Crippen molar-refractivity contribution in [1.82, 2.24) is 10.6 Å². The summed E-state index contributed by atoms with van der Waals surface area (Å²) in [6.45, 7) is 2.74. The highest BCUT2D eigenvalue weighted by atomic mass is 16.1. The van der Waals surface area contributed by atoms with Gasteiger partial charge >= 0.3 is 0 Å². The summed E-state index contributed by atoms with van der Waals surface area (Å²) in [5.74, 6) is 2.52. The zero-order valence-corrected chi connectivity index (χ0v) is 9.01. The number of nitrogens with one attached hydrogen (secondary N) is 2. The third-order valence-electron chi connectivity index (χ3n) is 2.42. The molecule has 0 aromatic rings. The minimum Gasteiger partial charge on any atom is -0.356 e. The SMILES string of the molecule is C#CCCC(=O)NCCC1=CCNCC1. The van der Waals surface area contributed by atoms with Crippen molar-refractivity contribution in [3.05, 3.63) is 11.6 Å². The first kappa shape index (κ1) is 11.8. The molecule has 0 fully saturated rings. The molecule has 1 amide bonds. The van der Waals surface area contributed by atoms with E-state index in [1.807, 2.05) is 0 Å². The van der Waals surface area contributed by atoms with Gasteiger partial charge < -0.3 is 10.6 Å². The third kappa shape index (κ3) is 5.24. The number of amides is 1. The summed E-state index contributed by atoms with van der Waals surface area (Å²) in [6, 6.07) is 0. The Morgan fingerprint density at radius 3 is 3.20 bits per heavy atom. The Bertz CT molecular complexity index is 276. The summed E-state index contributed by atoms with van der Waals surface area (Å²) >= 11 is 0. The molecule has 1 heterocycles. The fourth-order valence-corrected chi connectivity index (χ4v) is 1.53. The Balaban J connectivity index is 2.08. The van der Waals surface area contributed by atoms with Gasteiger partial charge in [-0.3, -0.25) is 4.79 Å². The monoisotopic (exact) mass is 206 g/mol. The molecule has 82 valence electrons. The van der Waals surface area contributed by atoms with Crippen LogP contribution in [-0.2, 0) is 4.79 Å². The van der Waals surface area contributed by atoms with Crippen LogP contribution in [0.25, 0.3) is 0 Å². The average Bonchev–Trinajstić information content (AvgIpc) is 2.28. The standard InChI is InChI=1S/C12H18N2O/c1-2-3-4-12(15)14-10-7-11-5-8-13-9-6-11/h1,5,13H,3-4,6-10H2,(H,14,15). The predicted molar refractivity (Wildman–Crippen MR) is 61.3 cm³/mol. The normalized spacial score (nSPS) is 15.3. The first-order valence-electron chi connectivity index (χ1n) is 5.41. The van der Waals surface area contributed by atoms with Crippen LogP contribution >= 0.6 is 0 Å². The lowest BCUT2D eigenvalue weighted by atomic mass is 10.1. The molecule has 15 heavy (non-hydrogen) atoms. The summed E-state index contributed by atoms with van der Waals surface area (Å²) in [5.41, 5.74) is 1.44. The van der Waals surface area contributed by atoms with Crippen molar-refractivity contribution >= 4 is 5.91 Å². The fraction of sp³-hybridized carbons (Fsp3) is 0.583. The summed E-state index contributed by atoms with van der Waals surface area (Å²) in [5, 5.41) is 6.12.